The summed E-state index contributed by atoms with van der Waals surface area (Å²) in [5.41, 5.74) is -0.0162. The van der Waals surface area contributed by atoms with Crippen LogP contribution in [0.15, 0.2) is 6.20 Å². The van der Waals surface area contributed by atoms with Crippen LogP contribution >= 0.6 is 0 Å². The van der Waals surface area contributed by atoms with E-state index in [9.17, 15) is 8.78 Å². The molecule has 0 aromatic carbocycles. The third-order valence-corrected chi connectivity index (χ3v) is 1.69. The highest BCUT2D eigenvalue weighted by molar-refractivity contribution is 5.27. The number of alkyl halides is 2. The fourth-order valence-electron chi connectivity index (χ4n) is 1.04. The second kappa shape index (κ2) is 3.69. The number of aryl methyl sites for hydroxylation is 1. The Bertz CT molecular complexity index is 288. The van der Waals surface area contributed by atoms with E-state index in [4.69, 9.17) is 9.84 Å². The Morgan fingerprint density at radius 1 is 1.62 bits per heavy atom. The first-order valence-electron chi connectivity index (χ1n) is 3.60. The Morgan fingerprint density at radius 3 is 2.69 bits per heavy atom. The predicted molar refractivity (Wildman–Crippen MR) is 40.7 cm³/mol. The van der Waals surface area contributed by atoms with Gasteiger partial charge in [0.2, 0.25) is 0 Å². The SMILES string of the molecule is COc1cnn(C)c1C(O)C(F)F. The van der Waals surface area contributed by atoms with Crippen molar-refractivity contribution < 1.29 is 18.6 Å². The van der Waals surface area contributed by atoms with E-state index < -0.39 is 12.5 Å². The van der Waals surface area contributed by atoms with Crippen LogP contribution in [0.25, 0.3) is 0 Å². The molecule has 0 aliphatic heterocycles. The molecule has 13 heavy (non-hydrogen) atoms. The smallest absolute Gasteiger partial charge is 0.269 e. The van der Waals surface area contributed by atoms with Crippen LogP contribution in [0.5, 0.6) is 5.75 Å². The first-order chi connectivity index (χ1) is 6.07. The molecule has 0 fully saturated rings. The van der Waals surface area contributed by atoms with Crippen molar-refractivity contribution in [2.75, 3.05) is 7.11 Å². The van der Waals surface area contributed by atoms with E-state index in [1.807, 2.05) is 0 Å². The summed E-state index contributed by atoms with van der Waals surface area (Å²) in [6, 6.07) is 0. The molecule has 6 heteroatoms. The fourth-order valence-corrected chi connectivity index (χ4v) is 1.04. The topological polar surface area (TPSA) is 47.3 Å². The molecule has 4 nitrogen and oxygen atoms in total. The minimum Gasteiger partial charge on any atom is -0.493 e. The average molecular weight is 192 g/mol. The van der Waals surface area contributed by atoms with Crippen LogP contribution in [0.4, 0.5) is 8.78 Å². The standard InChI is InChI=1S/C7H10F2N2O2/c1-11-5(6(12)7(8)9)4(13-2)3-10-11/h3,6-7,12H,1-2H3. The third kappa shape index (κ3) is 1.77. The van der Waals surface area contributed by atoms with Crippen LogP contribution in [-0.2, 0) is 7.05 Å². The van der Waals surface area contributed by atoms with Crippen molar-refractivity contribution >= 4 is 0 Å². The Hall–Kier alpha value is -1.17. The zero-order valence-electron chi connectivity index (χ0n) is 7.24. The van der Waals surface area contributed by atoms with Gasteiger partial charge in [0.05, 0.1) is 13.3 Å². The van der Waals surface area contributed by atoms with Gasteiger partial charge < -0.3 is 9.84 Å². The minimum atomic E-state index is -2.84. The highest BCUT2D eigenvalue weighted by Gasteiger charge is 2.26. The molecular formula is C7H10F2N2O2. The second-order valence-electron chi connectivity index (χ2n) is 2.50. The van der Waals surface area contributed by atoms with Gasteiger partial charge in [-0.15, -0.1) is 0 Å². The van der Waals surface area contributed by atoms with E-state index in [0.29, 0.717) is 0 Å². The predicted octanol–water partition coefficient (Wildman–Crippen LogP) is 0.727. The first-order valence-corrected chi connectivity index (χ1v) is 3.60. The van der Waals surface area contributed by atoms with Gasteiger partial charge in [-0.3, -0.25) is 4.68 Å². The number of hydrogen-bond donors (Lipinski definition) is 1. The van der Waals surface area contributed by atoms with E-state index in [-0.39, 0.29) is 11.4 Å². The van der Waals surface area contributed by atoms with Crippen molar-refractivity contribution in [3.63, 3.8) is 0 Å². The number of aliphatic hydroxyl groups excluding tert-OH is 1. The highest BCUT2D eigenvalue weighted by Crippen LogP contribution is 2.27. The normalized spacial score (nSPS) is 13.4. The number of halogens is 2. The van der Waals surface area contributed by atoms with Gasteiger partial charge in [0.1, 0.15) is 5.69 Å². The van der Waals surface area contributed by atoms with Crippen LogP contribution in [0.3, 0.4) is 0 Å². The van der Waals surface area contributed by atoms with Crippen LogP contribution in [0, 0.1) is 0 Å². The molecule has 0 spiro atoms. The summed E-state index contributed by atoms with van der Waals surface area (Å²) >= 11 is 0. The summed E-state index contributed by atoms with van der Waals surface area (Å²) in [5.74, 6) is 0.162. The largest absolute Gasteiger partial charge is 0.493 e. The number of aromatic nitrogens is 2. The van der Waals surface area contributed by atoms with E-state index in [0.717, 1.165) is 4.68 Å². The molecule has 0 amide bonds. The summed E-state index contributed by atoms with van der Waals surface area (Å²) in [6.07, 6.45) is -3.42. The molecule has 1 N–H and O–H groups in total. The Kier molecular flexibility index (Phi) is 2.82. The van der Waals surface area contributed by atoms with Crippen LogP contribution in [-0.4, -0.2) is 28.4 Å². The Labute approximate surface area is 73.7 Å². The monoisotopic (exact) mass is 192 g/mol. The van der Waals surface area contributed by atoms with E-state index in [1.165, 1.54) is 20.4 Å². The first kappa shape index (κ1) is 9.91. The summed E-state index contributed by atoms with van der Waals surface area (Å²) in [4.78, 5) is 0. The highest BCUT2D eigenvalue weighted by atomic mass is 19.3. The molecule has 1 atom stereocenters. The van der Waals surface area contributed by atoms with Crippen LogP contribution in [0.2, 0.25) is 0 Å². The van der Waals surface area contributed by atoms with Gasteiger partial charge >= 0.3 is 0 Å². The molecule has 74 valence electrons. The average Bonchev–Trinajstić information content (AvgIpc) is 2.45. The van der Waals surface area contributed by atoms with Gasteiger partial charge in [-0.05, 0) is 0 Å². The number of aliphatic hydroxyl groups is 1. The molecule has 0 aliphatic rings. The molecule has 0 saturated carbocycles. The maximum atomic E-state index is 12.1. The Balaban J connectivity index is 3.03. The van der Waals surface area contributed by atoms with E-state index in [1.54, 1.807) is 0 Å². The van der Waals surface area contributed by atoms with Gasteiger partial charge in [0, 0.05) is 7.05 Å². The van der Waals surface area contributed by atoms with Gasteiger partial charge in [-0.1, -0.05) is 0 Å². The molecule has 0 aliphatic carbocycles. The number of ether oxygens (including phenoxy) is 1. The molecular weight excluding hydrogens is 182 g/mol. The lowest BCUT2D eigenvalue weighted by atomic mass is 10.2. The van der Waals surface area contributed by atoms with Crippen molar-refractivity contribution in [3.8, 4) is 5.75 Å². The number of hydrogen-bond acceptors (Lipinski definition) is 3. The molecule has 1 aromatic rings. The molecule has 1 unspecified atom stereocenters. The van der Waals surface area contributed by atoms with Crippen molar-refractivity contribution in [2.45, 2.75) is 12.5 Å². The van der Waals surface area contributed by atoms with Gasteiger partial charge in [-0.25, -0.2) is 8.78 Å². The maximum absolute atomic E-state index is 12.1. The summed E-state index contributed by atoms with van der Waals surface area (Å²) in [7, 11) is 2.79. The van der Waals surface area contributed by atoms with Crippen molar-refractivity contribution in [3.05, 3.63) is 11.9 Å². The van der Waals surface area contributed by atoms with Gasteiger partial charge in [0.15, 0.2) is 11.9 Å². The minimum absolute atomic E-state index is 0.0162. The summed E-state index contributed by atoms with van der Waals surface area (Å²) < 4.78 is 30.2. The number of nitrogens with zero attached hydrogens (tertiary/aromatic N) is 2. The molecule has 0 radical (unpaired) electrons. The Morgan fingerprint density at radius 2 is 2.23 bits per heavy atom. The summed E-state index contributed by atoms with van der Waals surface area (Å²) in [6.45, 7) is 0. The van der Waals surface area contributed by atoms with Crippen molar-refractivity contribution in [1.29, 1.82) is 0 Å². The lowest BCUT2D eigenvalue weighted by Gasteiger charge is -2.11. The number of methoxy groups -OCH3 is 1. The van der Waals surface area contributed by atoms with Gasteiger partial charge in [-0.2, -0.15) is 5.10 Å². The molecule has 0 saturated heterocycles. The van der Waals surface area contributed by atoms with Gasteiger partial charge in [0.25, 0.3) is 6.43 Å². The maximum Gasteiger partial charge on any atom is 0.269 e. The zero-order chi connectivity index (χ0) is 10.0. The molecule has 1 rings (SSSR count). The quantitative estimate of drug-likeness (QED) is 0.767. The molecule has 1 aromatic heterocycles. The second-order valence-corrected chi connectivity index (χ2v) is 2.50. The lowest BCUT2D eigenvalue weighted by Crippen LogP contribution is -2.13. The van der Waals surface area contributed by atoms with Crippen molar-refractivity contribution in [2.24, 2.45) is 7.05 Å². The third-order valence-electron chi connectivity index (χ3n) is 1.69. The molecule has 0 bridgehead atoms. The van der Waals surface area contributed by atoms with Crippen molar-refractivity contribution in [1.82, 2.24) is 9.78 Å². The fraction of sp³-hybridized carbons (Fsp3) is 0.571. The molecule has 1 heterocycles. The lowest BCUT2D eigenvalue weighted by molar-refractivity contribution is -0.0115. The zero-order valence-corrected chi connectivity index (χ0v) is 7.24. The van der Waals surface area contributed by atoms with E-state index in [2.05, 4.69) is 5.10 Å². The summed E-state index contributed by atoms with van der Waals surface area (Å²) in [5, 5.41) is 12.8. The number of rotatable bonds is 3. The van der Waals surface area contributed by atoms with Crippen LogP contribution < -0.4 is 4.74 Å². The van der Waals surface area contributed by atoms with E-state index >= 15 is 0 Å². The van der Waals surface area contributed by atoms with Crippen LogP contribution in [0.1, 0.15) is 11.8 Å².